The van der Waals surface area contributed by atoms with Crippen molar-refractivity contribution in [3.63, 3.8) is 0 Å². The average Bonchev–Trinajstić information content (AvgIpc) is 3.34. The minimum Gasteiger partial charge on any atom is -0.462 e. The van der Waals surface area contributed by atoms with Crippen LogP contribution < -0.4 is 0 Å². The van der Waals surface area contributed by atoms with Gasteiger partial charge in [-0.25, -0.2) is 0 Å². The molecule has 6 nitrogen and oxygen atoms in total. The lowest BCUT2D eigenvalue weighted by Gasteiger charge is -2.18. The van der Waals surface area contributed by atoms with Crippen LogP contribution in [0.4, 0.5) is 0 Å². The van der Waals surface area contributed by atoms with E-state index in [4.69, 9.17) is 14.2 Å². The highest BCUT2D eigenvalue weighted by atomic mass is 16.6. The summed E-state index contributed by atoms with van der Waals surface area (Å²) in [6, 6.07) is 0. The quantitative estimate of drug-likeness (QED) is 0.0262. The summed E-state index contributed by atoms with van der Waals surface area (Å²) in [4.78, 5) is 38.2. The van der Waals surface area contributed by atoms with Gasteiger partial charge in [-0.3, -0.25) is 14.4 Å². The predicted octanol–water partition coefficient (Wildman–Crippen LogP) is 19.8. The van der Waals surface area contributed by atoms with Gasteiger partial charge in [0, 0.05) is 19.3 Å². The molecule has 0 aromatic rings. The first kappa shape index (κ1) is 65.4. The van der Waals surface area contributed by atoms with Crippen molar-refractivity contribution in [2.24, 2.45) is 0 Å². The first-order chi connectivity index (χ1) is 33.5. The van der Waals surface area contributed by atoms with Crippen molar-refractivity contribution in [1.29, 1.82) is 0 Å². The van der Waals surface area contributed by atoms with Crippen molar-refractivity contribution >= 4 is 17.9 Å². The highest BCUT2D eigenvalue weighted by molar-refractivity contribution is 5.71. The molecule has 0 bridgehead atoms. The average molecular weight is 954 g/mol. The van der Waals surface area contributed by atoms with Crippen molar-refractivity contribution in [1.82, 2.24) is 0 Å². The van der Waals surface area contributed by atoms with Gasteiger partial charge in [0.25, 0.3) is 0 Å². The molecule has 0 saturated carbocycles. The molecule has 0 heterocycles. The van der Waals surface area contributed by atoms with Crippen LogP contribution in [-0.2, 0) is 28.6 Å². The summed E-state index contributed by atoms with van der Waals surface area (Å²) in [7, 11) is 0. The van der Waals surface area contributed by atoms with Crippen LogP contribution in [0.2, 0.25) is 0 Å². The van der Waals surface area contributed by atoms with Gasteiger partial charge in [0.2, 0.25) is 0 Å². The Morgan fingerprint density at radius 2 is 0.529 bits per heavy atom. The molecule has 0 amide bonds. The molecule has 0 fully saturated rings. The largest absolute Gasteiger partial charge is 0.462 e. The van der Waals surface area contributed by atoms with Gasteiger partial charge in [-0.15, -0.1) is 0 Å². The normalized spacial score (nSPS) is 12.3. The number of carbonyl (C=O) groups excluding carboxylic acids is 3. The molecule has 0 aromatic heterocycles. The van der Waals surface area contributed by atoms with Gasteiger partial charge in [-0.05, 0) is 64.2 Å². The van der Waals surface area contributed by atoms with Gasteiger partial charge in [0.05, 0.1) is 0 Å². The molecule has 68 heavy (non-hydrogen) atoms. The number of unbranched alkanes of at least 4 members (excludes halogenated alkanes) is 35. The van der Waals surface area contributed by atoms with Gasteiger partial charge in [0.1, 0.15) is 13.2 Å². The number of rotatable bonds is 54. The second-order valence-electron chi connectivity index (χ2n) is 19.9. The van der Waals surface area contributed by atoms with Gasteiger partial charge >= 0.3 is 17.9 Å². The van der Waals surface area contributed by atoms with E-state index in [9.17, 15) is 14.4 Å². The van der Waals surface area contributed by atoms with Crippen LogP contribution >= 0.6 is 0 Å². The number of esters is 3. The summed E-state index contributed by atoms with van der Waals surface area (Å²) in [5, 5.41) is 0. The molecular weight excluding hydrogens is 841 g/mol. The lowest BCUT2D eigenvalue weighted by molar-refractivity contribution is -0.167. The Morgan fingerprint density at radius 3 is 0.853 bits per heavy atom. The van der Waals surface area contributed by atoms with Crippen molar-refractivity contribution in [2.45, 2.75) is 316 Å². The van der Waals surface area contributed by atoms with Crippen LogP contribution in [0.15, 0.2) is 48.6 Å². The molecule has 0 saturated heterocycles. The third kappa shape index (κ3) is 54.3. The van der Waals surface area contributed by atoms with Crippen LogP contribution in [-0.4, -0.2) is 37.2 Å². The van der Waals surface area contributed by atoms with E-state index in [0.717, 1.165) is 83.5 Å². The van der Waals surface area contributed by atoms with Gasteiger partial charge in [-0.1, -0.05) is 275 Å². The molecule has 0 aliphatic carbocycles. The topological polar surface area (TPSA) is 78.9 Å². The van der Waals surface area contributed by atoms with Gasteiger partial charge < -0.3 is 14.2 Å². The number of ether oxygens (including phenoxy) is 3. The van der Waals surface area contributed by atoms with E-state index in [1.165, 1.54) is 186 Å². The molecule has 6 heteroatoms. The highest BCUT2D eigenvalue weighted by Crippen LogP contribution is 2.17. The fraction of sp³-hybridized carbons (Fsp3) is 0.823. The Bertz CT molecular complexity index is 1190. The van der Waals surface area contributed by atoms with E-state index in [1.807, 2.05) is 0 Å². The summed E-state index contributed by atoms with van der Waals surface area (Å²) < 4.78 is 16.9. The molecule has 0 N–H and O–H groups in total. The van der Waals surface area contributed by atoms with Crippen LogP contribution in [0.5, 0.6) is 0 Å². The molecule has 0 aromatic carbocycles. The Morgan fingerprint density at radius 1 is 0.294 bits per heavy atom. The number of hydrogen-bond donors (Lipinski definition) is 0. The zero-order chi connectivity index (χ0) is 49.3. The minimum atomic E-state index is -0.782. The second-order valence-corrected chi connectivity index (χ2v) is 19.9. The molecular formula is C62H112O6. The first-order valence-corrected chi connectivity index (χ1v) is 29.6. The van der Waals surface area contributed by atoms with Crippen LogP contribution in [0.1, 0.15) is 310 Å². The summed E-state index contributed by atoms with van der Waals surface area (Å²) in [6.07, 6.45) is 69.6. The minimum absolute atomic E-state index is 0.0789. The van der Waals surface area contributed by atoms with E-state index in [1.54, 1.807) is 0 Å². The fourth-order valence-corrected chi connectivity index (χ4v) is 8.60. The molecule has 0 aliphatic rings. The summed E-state index contributed by atoms with van der Waals surface area (Å²) >= 11 is 0. The predicted molar refractivity (Wildman–Crippen MR) is 293 cm³/mol. The number of carbonyl (C=O) groups is 3. The van der Waals surface area contributed by atoms with Crippen molar-refractivity contribution < 1.29 is 28.6 Å². The first-order valence-electron chi connectivity index (χ1n) is 29.6. The Kier molecular flexibility index (Phi) is 54.8. The van der Waals surface area contributed by atoms with Crippen LogP contribution in [0.3, 0.4) is 0 Å². The summed E-state index contributed by atoms with van der Waals surface area (Å²) in [5.74, 6) is -0.893. The van der Waals surface area contributed by atoms with Gasteiger partial charge in [-0.2, -0.15) is 0 Å². The maximum absolute atomic E-state index is 12.9. The van der Waals surface area contributed by atoms with Crippen LogP contribution in [0.25, 0.3) is 0 Å². The summed E-state index contributed by atoms with van der Waals surface area (Å²) in [6.45, 7) is 6.63. The zero-order valence-corrected chi connectivity index (χ0v) is 45.4. The van der Waals surface area contributed by atoms with Crippen molar-refractivity contribution in [2.75, 3.05) is 13.2 Å². The third-order valence-corrected chi connectivity index (χ3v) is 13.1. The van der Waals surface area contributed by atoms with E-state index in [0.29, 0.717) is 19.3 Å². The summed E-state index contributed by atoms with van der Waals surface area (Å²) in [5.41, 5.74) is 0. The van der Waals surface area contributed by atoms with E-state index in [2.05, 4.69) is 69.4 Å². The monoisotopic (exact) mass is 953 g/mol. The molecule has 396 valence electrons. The highest BCUT2D eigenvalue weighted by Gasteiger charge is 2.19. The molecule has 0 rings (SSSR count). The maximum Gasteiger partial charge on any atom is 0.306 e. The van der Waals surface area contributed by atoms with Gasteiger partial charge in [0.15, 0.2) is 6.10 Å². The van der Waals surface area contributed by atoms with Crippen molar-refractivity contribution in [3.8, 4) is 0 Å². The molecule has 0 spiro atoms. The third-order valence-electron chi connectivity index (χ3n) is 13.1. The Labute approximate surface area is 422 Å². The Hall–Kier alpha value is -2.63. The smallest absolute Gasteiger partial charge is 0.306 e. The van der Waals surface area contributed by atoms with E-state index >= 15 is 0 Å². The molecule has 0 radical (unpaired) electrons. The van der Waals surface area contributed by atoms with Crippen molar-refractivity contribution in [3.05, 3.63) is 48.6 Å². The number of hydrogen-bond acceptors (Lipinski definition) is 6. The molecule has 0 unspecified atom stereocenters. The van der Waals surface area contributed by atoms with E-state index in [-0.39, 0.29) is 31.1 Å². The lowest BCUT2D eigenvalue weighted by Crippen LogP contribution is -2.30. The molecule has 1 atom stereocenters. The van der Waals surface area contributed by atoms with Crippen LogP contribution in [0, 0.1) is 0 Å². The zero-order valence-electron chi connectivity index (χ0n) is 45.4. The standard InChI is InChI=1S/C62H112O6/c1-4-7-10-13-16-19-22-25-27-29-31-33-34-37-40-43-46-49-52-55-61(64)67-58-59(57-66-60(63)54-51-48-45-42-39-36-24-21-18-15-12-9-6-3)68-62(65)56-53-50-47-44-41-38-35-32-30-28-26-23-20-17-14-11-8-5-2/h16,19,25,27,31,33,37,40,59H,4-15,17-18,20-24,26,28-30,32,34-36,38-39,41-58H2,1-3H3/b19-16-,27-25-,33-31-,40-37-/t59-/m1/s1. The second kappa shape index (κ2) is 57.0. The fourth-order valence-electron chi connectivity index (χ4n) is 8.60. The Balaban J connectivity index is 4.38. The lowest BCUT2D eigenvalue weighted by atomic mass is 10.0. The SMILES string of the molecule is CCCCC/C=C\C/C=C\C/C=C\C/C=C\CCCCCC(=O)OC[C@@H](COC(=O)CCCCCCCCCCCCCCC)OC(=O)CCCCCCCCCCCCCCCCCCCC. The molecule has 0 aliphatic heterocycles. The van der Waals surface area contributed by atoms with E-state index < -0.39 is 6.10 Å². The maximum atomic E-state index is 12.9. The number of allylic oxidation sites excluding steroid dienone is 8.